The number of benzene rings is 3. The number of thioether (sulfide) groups is 1. The average molecular weight is 494 g/mol. The van der Waals surface area contributed by atoms with Gasteiger partial charge in [-0.25, -0.2) is 14.6 Å². The Balaban J connectivity index is 1.59. The first-order valence-electron chi connectivity index (χ1n) is 12.0. The standard InChI is InChI=1S/C29H27N5OS/c1-4-24-25-27(34(33-24)23-16-9-6-10-17-23)31-26(21-13-7-5-8-14-21)32-29(25)36-20(3)28(35)30-22-15-11-12-19(2)18-22/h5-18,20H,4H2,1-3H3,(H,30,35)/t20-/m1/s1. The lowest BCUT2D eigenvalue weighted by Gasteiger charge is -2.14. The van der Waals surface area contributed by atoms with E-state index in [2.05, 4.69) is 12.2 Å². The molecule has 0 aliphatic carbocycles. The summed E-state index contributed by atoms with van der Waals surface area (Å²) in [5, 5.41) is 9.20. The first-order valence-corrected chi connectivity index (χ1v) is 12.9. The normalized spacial score (nSPS) is 12.0. The van der Waals surface area contributed by atoms with Gasteiger partial charge in [0.05, 0.1) is 22.0 Å². The van der Waals surface area contributed by atoms with Gasteiger partial charge in [-0.1, -0.05) is 79.3 Å². The Morgan fingerprint density at radius 2 is 1.69 bits per heavy atom. The van der Waals surface area contributed by atoms with Crippen LogP contribution >= 0.6 is 11.8 Å². The van der Waals surface area contributed by atoms with Crippen molar-refractivity contribution in [2.45, 2.75) is 37.5 Å². The number of carbonyl (C=O) groups excluding carboxylic acids is 1. The number of hydrogen-bond donors (Lipinski definition) is 1. The molecule has 0 unspecified atom stereocenters. The minimum absolute atomic E-state index is 0.0767. The molecule has 2 aromatic heterocycles. The lowest BCUT2D eigenvalue weighted by Crippen LogP contribution is -2.22. The predicted molar refractivity (Wildman–Crippen MR) is 147 cm³/mol. The molecule has 0 spiro atoms. The smallest absolute Gasteiger partial charge is 0.237 e. The molecule has 1 amide bonds. The number of nitrogens with one attached hydrogen (secondary N) is 1. The van der Waals surface area contributed by atoms with Crippen molar-refractivity contribution in [1.29, 1.82) is 0 Å². The number of fused-ring (bicyclic) bond motifs is 1. The summed E-state index contributed by atoms with van der Waals surface area (Å²) in [5.41, 5.74) is 5.37. The van der Waals surface area contributed by atoms with Crippen molar-refractivity contribution in [1.82, 2.24) is 19.7 Å². The molecule has 1 N–H and O–H groups in total. The van der Waals surface area contributed by atoms with Crippen molar-refractivity contribution >= 4 is 34.4 Å². The van der Waals surface area contributed by atoms with Gasteiger partial charge in [-0.3, -0.25) is 4.79 Å². The van der Waals surface area contributed by atoms with Crippen LogP contribution in [-0.4, -0.2) is 30.9 Å². The third kappa shape index (κ3) is 4.88. The molecule has 0 aliphatic heterocycles. The molecule has 0 aliphatic rings. The molecule has 5 aromatic rings. The second-order valence-electron chi connectivity index (χ2n) is 8.58. The maximum absolute atomic E-state index is 13.1. The Morgan fingerprint density at radius 1 is 0.972 bits per heavy atom. The van der Waals surface area contributed by atoms with Crippen LogP contribution in [0.15, 0.2) is 90.0 Å². The second-order valence-corrected chi connectivity index (χ2v) is 9.91. The highest BCUT2D eigenvalue weighted by Crippen LogP contribution is 2.34. The first kappa shape index (κ1) is 23.8. The van der Waals surface area contributed by atoms with Crippen LogP contribution in [-0.2, 0) is 11.2 Å². The van der Waals surface area contributed by atoms with Crippen LogP contribution in [0.1, 0.15) is 25.1 Å². The number of amides is 1. The molecular formula is C29H27N5OS. The van der Waals surface area contributed by atoms with E-state index in [1.165, 1.54) is 11.8 Å². The van der Waals surface area contributed by atoms with E-state index in [1.54, 1.807) is 0 Å². The highest BCUT2D eigenvalue weighted by Gasteiger charge is 2.23. The third-order valence-electron chi connectivity index (χ3n) is 5.88. The van der Waals surface area contributed by atoms with Crippen molar-refractivity contribution in [3.05, 3.63) is 96.2 Å². The zero-order valence-corrected chi connectivity index (χ0v) is 21.3. The molecule has 7 heteroatoms. The molecule has 2 heterocycles. The summed E-state index contributed by atoms with van der Waals surface area (Å²) in [5.74, 6) is 0.531. The zero-order valence-electron chi connectivity index (χ0n) is 20.5. The largest absolute Gasteiger partial charge is 0.325 e. The molecule has 36 heavy (non-hydrogen) atoms. The Hall–Kier alpha value is -3.97. The molecule has 0 bridgehead atoms. The van der Waals surface area contributed by atoms with E-state index < -0.39 is 0 Å². The van der Waals surface area contributed by atoms with Gasteiger partial charge in [0.1, 0.15) is 5.03 Å². The van der Waals surface area contributed by atoms with Gasteiger partial charge >= 0.3 is 0 Å². The van der Waals surface area contributed by atoms with Gasteiger partial charge in [0, 0.05) is 11.3 Å². The van der Waals surface area contributed by atoms with Gasteiger partial charge < -0.3 is 5.32 Å². The summed E-state index contributed by atoms with van der Waals surface area (Å²) in [6.45, 7) is 5.98. The number of rotatable bonds is 7. The number of nitrogens with zero attached hydrogens (tertiary/aromatic N) is 4. The van der Waals surface area contributed by atoms with Crippen LogP contribution in [0.25, 0.3) is 28.1 Å². The molecule has 180 valence electrons. The molecule has 0 saturated heterocycles. The number of anilines is 1. The minimum atomic E-state index is -0.378. The van der Waals surface area contributed by atoms with Crippen molar-refractivity contribution in [2.24, 2.45) is 0 Å². The van der Waals surface area contributed by atoms with Crippen molar-refractivity contribution in [3.63, 3.8) is 0 Å². The van der Waals surface area contributed by atoms with E-state index in [9.17, 15) is 4.79 Å². The van der Waals surface area contributed by atoms with E-state index >= 15 is 0 Å². The molecule has 3 aromatic carbocycles. The molecule has 1 atom stereocenters. The molecule has 0 saturated carbocycles. The van der Waals surface area contributed by atoms with Crippen LogP contribution < -0.4 is 5.32 Å². The fourth-order valence-corrected chi connectivity index (χ4v) is 5.01. The Labute approximate surface area is 214 Å². The summed E-state index contributed by atoms with van der Waals surface area (Å²) >= 11 is 1.44. The quantitative estimate of drug-likeness (QED) is 0.208. The summed E-state index contributed by atoms with van der Waals surface area (Å²) in [6.07, 6.45) is 0.724. The number of aromatic nitrogens is 4. The summed E-state index contributed by atoms with van der Waals surface area (Å²) in [4.78, 5) is 23.0. The Bertz CT molecular complexity index is 1520. The topological polar surface area (TPSA) is 72.7 Å². The Morgan fingerprint density at radius 3 is 2.39 bits per heavy atom. The molecule has 0 radical (unpaired) electrons. The van der Waals surface area contributed by atoms with Gasteiger partial charge in [0.25, 0.3) is 0 Å². The molecule has 5 rings (SSSR count). The monoisotopic (exact) mass is 493 g/mol. The minimum Gasteiger partial charge on any atom is -0.325 e. The van der Waals surface area contributed by atoms with Crippen LogP contribution in [0, 0.1) is 6.92 Å². The van der Waals surface area contributed by atoms with E-state index in [4.69, 9.17) is 15.1 Å². The van der Waals surface area contributed by atoms with Crippen LogP contribution in [0.4, 0.5) is 5.69 Å². The lowest BCUT2D eigenvalue weighted by molar-refractivity contribution is -0.115. The van der Waals surface area contributed by atoms with Crippen molar-refractivity contribution in [3.8, 4) is 17.1 Å². The van der Waals surface area contributed by atoms with Crippen LogP contribution in [0.2, 0.25) is 0 Å². The van der Waals surface area contributed by atoms with E-state index in [0.29, 0.717) is 5.82 Å². The SMILES string of the molecule is CCc1nn(-c2ccccc2)c2nc(-c3ccccc3)nc(S[C@H](C)C(=O)Nc3cccc(C)c3)c12. The fraction of sp³-hybridized carbons (Fsp3) is 0.172. The number of aryl methyl sites for hydroxylation is 2. The summed E-state index contributed by atoms with van der Waals surface area (Å²) in [7, 11) is 0. The zero-order chi connectivity index (χ0) is 25.1. The lowest BCUT2D eigenvalue weighted by atomic mass is 10.2. The van der Waals surface area contributed by atoms with Gasteiger partial charge in [-0.05, 0) is 50.1 Å². The first-order chi connectivity index (χ1) is 17.5. The van der Waals surface area contributed by atoms with Gasteiger partial charge in [0.15, 0.2) is 11.5 Å². The van der Waals surface area contributed by atoms with Crippen LogP contribution in [0.3, 0.4) is 0 Å². The number of para-hydroxylation sites is 1. The predicted octanol–water partition coefficient (Wildman–Crippen LogP) is 6.47. The van der Waals surface area contributed by atoms with Gasteiger partial charge in [-0.15, -0.1) is 0 Å². The maximum Gasteiger partial charge on any atom is 0.237 e. The van der Waals surface area contributed by atoms with E-state index in [-0.39, 0.29) is 11.2 Å². The fourth-order valence-electron chi connectivity index (χ4n) is 4.04. The Kier molecular flexibility index (Phi) is 6.82. The molecular weight excluding hydrogens is 466 g/mol. The van der Waals surface area contributed by atoms with Crippen molar-refractivity contribution < 1.29 is 4.79 Å². The summed E-state index contributed by atoms with van der Waals surface area (Å²) in [6, 6.07) is 27.7. The summed E-state index contributed by atoms with van der Waals surface area (Å²) < 4.78 is 1.88. The van der Waals surface area contributed by atoms with Gasteiger partial charge in [0.2, 0.25) is 5.91 Å². The highest BCUT2D eigenvalue weighted by molar-refractivity contribution is 8.00. The third-order valence-corrected chi connectivity index (χ3v) is 6.96. The van der Waals surface area contributed by atoms with Crippen molar-refractivity contribution in [2.75, 3.05) is 5.32 Å². The van der Waals surface area contributed by atoms with E-state index in [1.807, 2.05) is 103 Å². The van der Waals surface area contributed by atoms with Crippen LogP contribution in [0.5, 0.6) is 0 Å². The van der Waals surface area contributed by atoms with Gasteiger partial charge in [-0.2, -0.15) is 5.10 Å². The molecule has 0 fully saturated rings. The second kappa shape index (κ2) is 10.3. The number of carbonyl (C=O) groups is 1. The van der Waals surface area contributed by atoms with E-state index in [0.717, 1.165) is 50.7 Å². The number of hydrogen-bond acceptors (Lipinski definition) is 5. The maximum atomic E-state index is 13.1. The average Bonchev–Trinajstić information content (AvgIpc) is 3.29. The highest BCUT2D eigenvalue weighted by atomic mass is 32.2. The molecule has 6 nitrogen and oxygen atoms in total.